The molecule has 1 unspecified atom stereocenters. The van der Waals surface area contributed by atoms with Crippen LogP contribution in [-0.2, 0) is 6.54 Å². The highest BCUT2D eigenvalue weighted by atomic mass is 16.6. The molecule has 0 bridgehead atoms. The Balaban J connectivity index is 2.07. The molecule has 7 nitrogen and oxygen atoms in total. The molecule has 1 atom stereocenters. The number of hydrogen-bond donors (Lipinski definition) is 2. The fourth-order valence-electron chi connectivity index (χ4n) is 2.53. The van der Waals surface area contributed by atoms with Crippen molar-refractivity contribution in [3.05, 3.63) is 39.9 Å². The summed E-state index contributed by atoms with van der Waals surface area (Å²) < 4.78 is 0. The van der Waals surface area contributed by atoms with Gasteiger partial charge in [0.2, 0.25) is 0 Å². The van der Waals surface area contributed by atoms with Gasteiger partial charge in [0.1, 0.15) is 0 Å². The minimum absolute atomic E-state index is 0.0886. The van der Waals surface area contributed by atoms with Gasteiger partial charge in [-0.25, -0.2) is 4.99 Å². The average molecular weight is 334 g/mol. The number of aliphatic hydroxyl groups is 1. The molecule has 1 aliphatic heterocycles. The number of aliphatic imine (C=N–C) groups is 1. The molecule has 1 aromatic rings. The van der Waals surface area contributed by atoms with Gasteiger partial charge in [0, 0.05) is 31.3 Å². The lowest BCUT2D eigenvalue weighted by atomic mass is 10.1. The Bertz CT molecular complexity index is 566. The summed E-state index contributed by atoms with van der Waals surface area (Å²) in [6, 6.07) is 6.80. The Morgan fingerprint density at radius 2 is 2.04 bits per heavy atom. The average Bonchev–Trinajstić information content (AvgIpc) is 2.59. The molecule has 0 saturated carbocycles. The lowest BCUT2D eigenvalue weighted by Crippen LogP contribution is -2.49. The summed E-state index contributed by atoms with van der Waals surface area (Å²) in [6.45, 7) is 6.26. The first-order valence-corrected chi connectivity index (χ1v) is 8.47. The first kappa shape index (κ1) is 18.2. The number of non-ortho nitro benzene ring substituents is 1. The topological polar surface area (TPSA) is 91.0 Å². The number of nitro benzene ring substituents is 1. The molecule has 24 heavy (non-hydrogen) atoms. The largest absolute Gasteiger partial charge is 0.393 e. The van der Waals surface area contributed by atoms with Gasteiger partial charge >= 0.3 is 0 Å². The van der Waals surface area contributed by atoms with Gasteiger partial charge in [-0.3, -0.25) is 10.1 Å². The Morgan fingerprint density at radius 3 is 2.58 bits per heavy atom. The third kappa shape index (κ3) is 5.19. The third-order valence-corrected chi connectivity index (χ3v) is 4.31. The zero-order chi connectivity index (χ0) is 17.5. The first-order valence-electron chi connectivity index (χ1n) is 8.47. The second-order valence-electron chi connectivity index (χ2n) is 6.24. The number of nitro groups is 1. The molecule has 0 aromatic heterocycles. The summed E-state index contributed by atoms with van der Waals surface area (Å²) >= 11 is 0. The van der Waals surface area contributed by atoms with E-state index in [-0.39, 0.29) is 11.8 Å². The van der Waals surface area contributed by atoms with E-state index < -0.39 is 4.92 Å². The number of nitrogens with zero attached hydrogens (tertiary/aromatic N) is 3. The standard InChI is InChI=1S/C17H26N4O3/c1-3-13(2)19-17(20-10-8-16(22)9-11-20)18-12-14-4-6-15(7-5-14)21(23)24/h4-7,13,16,22H,3,8-12H2,1-2H3,(H,18,19). The molecule has 7 heteroatoms. The van der Waals surface area contributed by atoms with Crippen LogP contribution < -0.4 is 5.32 Å². The molecular weight excluding hydrogens is 308 g/mol. The van der Waals surface area contributed by atoms with Gasteiger partial charge in [-0.1, -0.05) is 19.1 Å². The van der Waals surface area contributed by atoms with Crippen molar-refractivity contribution in [3.63, 3.8) is 0 Å². The van der Waals surface area contributed by atoms with Gasteiger partial charge in [0.25, 0.3) is 5.69 Å². The van der Waals surface area contributed by atoms with Crippen molar-refractivity contribution in [2.45, 2.75) is 51.8 Å². The number of aliphatic hydroxyl groups excluding tert-OH is 1. The maximum absolute atomic E-state index is 10.7. The number of nitrogens with one attached hydrogen (secondary N) is 1. The Hall–Kier alpha value is -2.15. The normalized spacial score (nSPS) is 17.6. The van der Waals surface area contributed by atoms with Gasteiger partial charge in [-0.05, 0) is 31.7 Å². The summed E-state index contributed by atoms with van der Waals surface area (Å²) in [6.07, 6.45) is 2.27. The van der Waals surface area contributed by atoms with Crippen molar-refractivity contribution >= 4 is 11.6 Å². The SMILES string of the molecule is CCC(C)NC(=NCc1ccc([N+](=O)[O-])cc1)N1CCC(O)CC1. The van der Waals surface area contributed by atoms with E-state index in [2.05, 4.69) is 29.1 Å². The van der Waals surface area contributed by atoms with Gasteiger partial charge in [-0.2, -0.15) is 0 Å². The van der Waals surface area contributed by atoms with E-state index in [4.69, 9.17) is 0 Å². The monoisotopic (exact) mass is 334 g/mol. The highest BCUT2D eigenvalue weighted by Gasteiger charge is 2.20. The molecule has 1 aliphatic rings. The summed E-state index contributed by atoms with van der Waals surface area (Å²) in [5.74, 6) is 0.842. The molecule has 1 fully saturated rings. The second-order valence-corrected chi connectivity index (χ2v) is 6.24. The number of rotatable bonds is 5. The number of hydrogen-bond acceptors (Lipinski definition) is 4. The van der Waals surface area contributed by atoms with Crippen molar-refractivity contribution in [3.8, 4) is 0 Å². The fourth-order valence-corrected chi connectivity index (χ4v) is 2.53. The smallest absolute Gasteiger partial charge is 0.269 e. The molecule has 0 amide bonds. The van der Waals surface area contributed by atoms with Crippen LogP contribution in [0.25, 0.3) is 0 Å². The Kier molecular flexibility index (Phi) is 6.54. The van der Waals surface area contributed by atoms with Gasteiger partial charge in [0.05, 0.1) is 17.6 Å². The van der Waals surface area contributed by atoms with Gasteiger partial charge < -0.3 is 15.3 Å². The predicted molar refractivity (Wildman–Crippen MR) is 93.9 cm³/mol. The number of guanidine groups is 1. The fraction of sp³-hybridized carbons (Fsp3) is 0.588. The molecule has 1 aromatic carbocycles. The molecule has 0 radical (unpaired) electrons. The van der Waals surface area contributed by atoms with Crippen molar-refractivity contribution in [2.24, 2.45) is 4.99 Å². The number of benzene rings is 1. The minimum atomic E-state index is -0.401. The third-order valence-electron chi connectivity index (χ3n) is 4.31. The quantitative estimate of drug-likeness (QED) is 0.373. The zero-order valence-electron chi connectivity index (χ0n) is 14.3. The van der Waals surface area contributed by atoms with Gasteiger partial charge in [-0.15, -0.1) is 0 Å². The first-order chi connectivity index (χ1) is 11.5. The summed E-state index contributed by atoms with van der Waals surface area (Å²) in [5, 5.41) is 23.8. The number of likely N-dealkylation sites (tertiary alicyclic amines) is 1. The summed E-state index contributed by atoms with van der Waals surface area (Å²) in [4.78, 5) is 17.2. The molecule has 2 N–H and O–H groups in total. The van der Waals surface area contributed by atoms with E-state index in [0.29, 0.717) is 12.6 Å². The van der Waals surface area contributed by atoms with Crippen molar-refractivity contribution < 1.29 is 10.0 Å². The Labute approximate surface area is 142 Å². The molecule has 0 spiro atoms. The lowest BCUT2D eigenvalue weighted by Gasteiger charge is -2.33. The van der Waals surface area contributed by atoms with Crippen LogP contribution in [0.5, 0.6) is 0 Å². The van der Waals surface area contributed by atoms with Gasteiger partial charge in [0.15, 0.2) is 5.96 Å². The second kappa shape index (κ2) is 8.63. The molecular formula is C17H26N4O3. The lowest BCUT2D eigenvalue weighted by molar-refractivity contribution is -0.384. The minimum Gasteiger partial charge on any atom is -0.393 e. The summed E-state index contributed by atoms with van der Waals surface area (Å²) in [5.41, 5.74) is 1.02. The van der Waals surface area contributed by atoms with Crippen molar-refractivity contribution in [2.75, 3.05) is 13.1 Å². The zero-order valence-corrected chi connectivity index (χ0v) is 14.3. The van der Waals surface area contributed by atoms with E-state index in [1.165, 1.54) is 12.1 Å². The van der Waals surface area contributed by atoms with Crippen molar-refractivity contribution in [1.82, 2.24) is 10.2 Å². The highest BCUT2D eigenvalue weighted by molar-refractivity contribution is 5.80. The van der Waals surface area contributed by atoms with Crippen LogP contribution in [0.15, 0.2) is 29.3 Å². The molecule has 2 rings (SSSR count). The van der Waals surface area contributed by atoms with E-state index in [1.54, 1.807) is 12.1 Å². The van der Waals surface area contributed by atoms with Crippen LogP contribution in [0.1, 0.15) is 38.7 Å². The molecule has 0 aliphatic carbocycles. The predicted octanol–water partition coefficient (Wildman–Crippen LogP) is 2.30. The maximum Gasteiger partial charge on any atom is 0.269 e. The maximum atomic E-state index is 10.7. The molecule has 1 heterocycles. The Morgan fingerprint density at radius 1 is 1.42 bits per heavy atom. The van der Waals surface area contributed by atoms with Crippen molar-refractivity contribution in [1.29, 1.82) is 0 Å². The van der Waals surface area contributed by atoms with Crippen LogP contribution in [0, 0.1) is 10.1 Å². The van der Waals surface area contributed by atoms with E-state index in [9.17, 15) is 15.2 Å². The van der Waals surface area contributed by atoms with E-state index in [1.807, 2.05) is 0 Å². The van der Waals surface area contributed by atoms with Crippen LogP contribution in [-0.4, -0.2) is 46.1 Å². The van der Waals surface area contributed by atoms with Crippen LogP contribution in [0.2, 0.25) is 0 Å². The molecule has 132 valence electrons. The number of piperidine rings is 1. The van der Waals surface area contributed by atoms with E-state index >= 15 is 0 Å². The van der Waals surface area contributed by atoms with E-state index in [0.717, 1.165) is 43.9 Å². The highest BCUT2D eigenvalue weighted by Crippen LogP contribution is 2.14. The van der Waals surface area contributed by atoms with Crippen LogP contribution in [0.3, 0.4) is 0 Å². The summed E-state index contributed by atoms with van der Waals surface area (Å²) in [7, 11) is 0. The van der Waals surface area contributed by atoms with Crippen LogP contribution >= 0.6 is 0 Å². The molecule has 1 saturated heterocycles. The van der Waals surface area contributed by atoms with Crippen LogP contribution in [0.4, 0.5) is 5.69 Å².